The van der Waals surface area contributed by atoms with Gasteiger partial charge in [-0.3, -0.25) is 9.59 Å². The number of carbonyl (C=O) groups excluding carboxylic acids is 2. The highest BCUT2D eigenvalue weighted by molar-refractivity contribution is 6.01. The second-order valence-electron chi connectivity index (χ2n) is 5.36. The molecule has 3 rings (SSSR count). The normalized spacial score (nSPS) is 12.9. The average molecular weight is 334 g/mol. The van der Waals surface area contributed by atoms with E-state index in [1.165, 1.54) is 0 Å². The molecule has 24 heavy (non-hydrogen) atoms. The lowest BCUT2D eigenvalue weighted by Gasteiger charge is -2.17. The Kier molecular flexibility index (Phi) is 4.24. The van der Waals surface area contributed by atoms with E-state index in [1.54, 1.807) is 4.90 Å². The van der Waals surface area contributed by atoms with Gasteiger partial charge in [0.15, 0.2) is 17.5 Å². The maximum Gasteiger partial charge on any atom is 0.251 e. The molecule has 124 valence electrons. The van der Waals surface area contributed by atoms with Crippen LogP contribution in [0.4, 0.5) is 18.9 Å². The van der Waals surface area contributed by atoms with Crippen molar-refractivity contribution in [1.29, 1.82) is 0 Å². The maximum absolute atomic E-state index is 13.1. The third-order valence-corrected chi connectivity index (χ3v) is 3.83. The van der Waals surface area contributed by atoms with Crippen molar-refractivity contribution < 1.29 is 22.8 Å². The minimum atomic E-state index is -1.64. The molecule has 2 aromatic carbocycles. The first-order valence-corrected chi connectivity index (χ1v) is 7.28. The number of anilines is 1. The topological polar surface area (TPSA) is 49.4 Å². The molecule has 4 nitrogen and oxygen atoms in total. The third kappa shape index (κ3) is 2.97. The van der Waals surface area contributed by atoms with Crippen LogP contribution in [0.25, 0.3) is 0 Å². The Morgan fingerprint density at radius 1 is 1.08 bits per heavy atom. The van der Waals surface area contributed by atoms with Crippen LogP contribution in [-0.4, -0.2) is 24.9 Å². The molecule has 2 amide bonds. The van der Waals surface area contributed by atoms with E-state index in [0.29, 0.717) is 18.7 Å². The zero-order valence-corrected chi connectivity index (χ0v) is 12.5. The van der Waals surface area contributed by atoms with Crippen molar-refractivity contribution >= 4 is 17.5 Å². The monoisotopic (exact) mass is 334 g/mol. The minimum Gasteiger partial charge on any atom is -0.343 e. The lowest BCUT2D eigenvalue weighted by Crippen LogP contribution is -2.39. The van der Waals surface area contributed by atoms with Gasteiger partial charge >= 0.3 is 0 Å². The number of carbonyl (C=O) groups is 2. The molecule has 0 saturated carbocycles. The summed E-state index contributed by atoms with van der Waals surface area (Å²) in [6.07, 6.45) is 0.726. The number of para-hydroxylation sites is 1. The maximum atomic E-state index is 13.1. The fraction of sp³-hybridized carbons (Fsp3) is 0.176. The number of hydrogen-bond acceptors (Lipinski definition) is 2. The Labute approximate surface area is 135 Å². The fourth-order valence-corrected chi connectivity index (χ4v) is 2.64. The second kappa shape index (κ2) is 6.35. The van der Waals surface area contributed by atoms with Crippen molar-refractivity contribution in [2.45, 2.75) is 6.42 Å². The van der Waals surface area contributed by atoms with Gasteiger partial charge in [0, 0.05) is 17.8 Å². The van der Waals surface area contributed by atoms with Gasteiger partial charge in [0.1, 0.15) is 0 Å². The van der Waals surface area contributed by atoms with Crippen LogP contribution in [0, 0.1) is 17.5 Å². The second-order valence-corrected chi connectivity index (χ2v) is 5.36. The van der Waals surface area contributed by atoms with Gasteiger partial charge in [-0.2, -0.15) is 0 Å². The van der Waals surface area contributed by atoms with Gasteiger partial charge in [0.05, 0.1) is 6.54 Å². The quantitative estimate of drug-likeness (QED) is 0.877. The summed E-state index contributed by atoms with van der Waals surface area (Å²) in [5.74, 6) is -5.75. The Bertz CT molecular complexity index is 800. The van der Waals surface area contributed by atoms with Crippen molar-refractivity contribution in [2.24, 2.45) is 0 Å². The lowest BCUT2D eigenvalue weighted by atomic mass is 10.2. The van der Waals surface area contributed by atoms with E-state index >= 15 is 0 Å². The van der Waals surface area contributed by atoms with E-state index in [-0.39, 0.29) is 18.0 Å². The van der Waals surface area contributed by atoms with Crippen LogP contribution in [0.1, 0.15) is 15.9 Å². The molecular formula is C17H13F3N2O2. The predicted octanol–water partition coefficient (Wildman–Crippen LogP) is 2.42. The SMILES string of the molecule is O=C(NCC(=O)N1CCc2ccccc21)c1cc(F)c(F)c(F)c1. The van der Waals surface area contributed by atoms with E-state index in [9.17, 15) is 22.8 Å². The molecule has 0 spiro atoms. The first-order chi connectivity index (χ1) is 11.5. The van der Waals surface area contributed by atoms with Gasteiger partial charge < -0.3 is 10.2 Å². The van der Waals surface area contributed by atoms with Crippen molar-refractivity contribution in [3.05, 3.63) is 65.0 Å². The highest BCUT2D eigenvalue weighted by atomic mass is 19.2. The van der Waals surface area contributed by atoms with E-state index in [1.807, 2.05) is 24.3 Å². The Morgan fingerprint density at radius 3 is 2.46 bits per heavy atom. The number of benzene rings is 2. The van der Waals surface area contributed by atoms with Crippen LogP contribution < -0.4 is 10.2 Å². The Balaban J connectivity index is 1.66. The van der Waals surface area contributed by atoms with E-state index in [0.717, 1.165) is 17.7 Å². The molecular weight excluding hydrogens is 321 g/mol. The summed E-state index contributed by atoms with van der Waals surface area (Å²) in [7, 11) is 0. The van der Waals surface area contributed by atoms with Gasteiger partial charge in [-0.1, -0.05) is 18.2 Å². The number of hydrogen-bond donors (Lipinski definition) is 1. The molecule has 0 bridgehead atoms. The van der Waals surface area contributed by atoms with Gasteiger partial charge in [-0.05, 0) is 30.2 Å². The van der Waals surface area contributed by atoms with Crippen molar-refractivity contribution in [3.63, 3.8) is 0 Å². The average Bonchev–Trinajstić information content (AvgIpc) is 3.01. The first kappa shape index (κ1) is 16.0. The molecule has 0 atom stereocenters. The van der Waals surface area contributed by atoms with Gasteiger partial charge in [0.2, 0.25) is 5.91 Å². The van der Waals surface area contributed by atoms with Crippen LogP contribution in [0.15, 0.2) is 36.4 Å². The summed E-state index contributed by atoms with van der Waals surface area (Å²) < 4.78 is 39.2. The molecule has 0 fully saturated rings. The molecule has 7 heteroatoms. The molecule has 0 radical (unpaired) electrons. The largest absolute Gasteiger partial charge is 0.343 e. The summed E-state index contributed by atoms with van der Waals surface area (Å²) in [6.45, 7) is 0.182. The highest BCUT2D eigenvalue weighted by Crippen LogP contribution is 2.27. The molecule has 0 aromatic heterocycles. The number of fused-ring (bicyclic) bond motifs is 1. The summed E-state index contributed by atoms with van der Waals surface area (Å²) in [5, 5.41) is 2.29. The van der Waals surface area contributed by atoms with Gasteiger partial charge in [0.25, 0.3) is 5.91 Å². The summed E-state index contributed by atoms with van der Waals surface area (Å²) >= 11 is 0. The molecule has 0 unspecified atom stereocenters. The molecule has 0 aliphatic carbocycles. The zero-order valence-electron chi connectivity index (χ0n) is 12.5. The van der Waals surface area contributed by atoms with Crippen molar-refractivity contribution in [3.8, 4) is 0 Å². The molecule has 1 N–H and O–H groups in total. The Morgan fingerprint density at radius 2 is 1.75 bits per heavy atom. The Hall–Kier alpha value is -2.83. The molecule has 0 saturated heterocycles. The summed E-state index contributed by atoms with van der Waals surface area (Å²) in [6, 6.07) is 8.60. The number of rotatable bonds is 3. The van der Waals surface area contributed by atoms with E-state index < -0.39 is 23.4 Å². The van der Waals surface area contributed by atoms with Crippen LogP contribution in [0.2, 0.25) is 0 Å². The van der Waals surface area contributed by atoms with Crippen LogP contribution in [0.5, 0.6) is 0 Å². The molecule has 2 aromatic rings. The zero-order chi connectivity index (χ0) is 17.3. The number of amides is 2. The molecule has 1 aliphatic heterocycles. The van der Waals surface area contributed by atoms with Crippen molar-refractivity contribution in [2.75, 3.05) is 18.0 Å². The molecule has 1 aliphatic rings. The fourth-order valence-electron chi connectivity index (χ4n) is 2.64. The lowest BCUT2D eigenvalue weighted by molar-refractivity contribution is -0.117. The van der Waals surface area contributed by atoms with Crippen LogP contribution in [0.3, 0.4) is 0 Å². The molecule has 1 heterocycles. The number of nitrogens with one attached hydrogen (secondary N) is 1. The smallest absolute Gasteiger partial charge is 0.251 e. The third-order valence-electron chi connectivity index (χ3n) is 3.83. The van der Waals surface area contributed by atoms with Gasteiger partial charge in [-0.25, -0.2) is 13.2 Å². The number of halogens is 3. The highest BCUT2D eigenvalue weighted by Gasteiger charge is 2.24. The minimum absolute atomic E-state index is 0.326. The number of nitrogens with zero attached hydrogens (tertiary/aromatic N) is 1. The van der Waals surface area contributed by atoms with Crippen LogP contribution in [-0.2, 0) is 11.2 Å². The van der Waals surface area contributed by atoms with E-state index in [2.05, 4.69) is 5.32 Å². The predicted molar refractivity (Wildman–Crippen MR) is 81.1 cm³/mol. The summed E-state index contributed by atoms with van der Waals surface area (Å²) in [4.78, 5) is 25.7. The van der Waals surface area contributed by atoms with Crippen LogP contribution >= 0.6 is 0 Å². The standard InChI is InChI=1S/C17H13F3N2O2/c18-12-7-11(8-13(19)16(12)20)17(24)21-9-15(23)22-6-5-10-3-1-2-4-14(10)22/h1-4,7-8H,5-6,9H2,(H,21,24). The van der Waals surface area contributed by atoms with Crippen molar-refractivity contribution in [1.82, 2.24) is 5.32 Å². The summed E-state index contributed by atoms with van der Waals surface area (Å²) in [5.41, 5.74) is 1.44. The van der Waals surface area contributed by atoms with E-state index in [4.69, 9.17) is 0 Å². The van der Waals surface area contributed by atoms with Gasteiger partial charge in [-0.15, -0.1) is 0 Å². The first-order valence-electron chi connectivity index (χ1n) is 7.28.